The summed E-state index contributed by atoms with van der Waals surface area (Å²) in [6, 6.07) is 3.42. The molecule has 1 saturated carbocycles. The number of aromatic nitrogens is 1. The highest BCUT2D eigenvalue weighted by atomic mass is 16.5. The summed E-state index contributed by atoms with van der Waals surface area (Å²) in [7, 11) is 3.01. The lowest BCUT2D eigenvalue weighted by Crippen LogP contribution is -2.21. The Morgan fingerprint density at radius 1 is 1.23 bits per heavy atom. The zero-order chi connectivity index (χ0) is 16.0. The Kier molecular flexibility index (Phi) is 3.31. The Labute approximate surface area is 126 Å². The van der Waals surface area contributed by atoms with Crippen LogP contribution in [-0.2, 0) is 0 Å². The molecule has 1 N–H and O–H groups in total. The number of carboxylic acids is 1. The number of ether oxygens (including phenoxy) is 2. The van der Waals surface area contributed by atoms with E-state index >= 15 is 0 Å². The number of aromatic carboxylic acids is 1. The molecule has 0 spiro atoms. The zero-order valence-electron chi connectivity index (χ0n) is 12.7. The fraction of sp³-hybridized carbons (Fsp3) is 0.375. The Morgan fingerprint density at radius 2 is 1.82 bits per heavy atom. The van der Waals surface area contributed by atoms with Gasteiger partial charge in [0.05, 0.1) is 19.7 Å². The first-order valence-corrected chi connectivity index (χ1v) is 7.03. The van der Waals surface area contributed by atoms with Crippen LogP contribution in [0.2, 0.25) is 0 Å². The molecule has 0 atom stereocenters. The zero-order valence-corrected chi connectivity index (χ0v) is 12.7. The molecule has 116 valence electrons. The molecule has 0 bridgehead atoms. The quantitative estimate of drug-likeness (QED) is 0.938. The van der Waals surface area contributed by atoms with Gasteiger partial charge in [-0.15, -0.1) is 0 Å². The molecule has 1 aliphatic carbocycles. The Morgan fingerprint density at radius 3 is 2.32 bits per heavy atom. The van der Waals surface area contributed by atoms with Crippen LogP contribution >= 0.6 is 0 Å². The van der Waals surface area contributed by atoms with Crippen molar-refractivity contribution in [3.05, 3.63) is 33.6 Å². The van der Waals surface area contributed by atoms with E-state index < -0.39 is 5.97 Å². The lowest BCUT2D eigenvalue weighted by molar-refractivity contribution is 0.0683. The van der Waals surface area contributed by atoms with Crippen molar-refractivity contribution in [3.8, 4) is 11.5 Å². The molecule has 1 aromatic carbocycles. The van der Waals surface area contributed by atoms with E-state index in [2.05, 4.69) is 0 Å². The van der Waals surface area contributed by atoms with Gasteiger partial charge in [-0.3, -0.25) is 4.79 Å². The van der Waals surface area contributed by atoms with Crippen molar-refractivity contribution in [2.45, 2.75) is 25.8 Å². The molecule has 6 nitrogen and oxygen atoms in total. The van der Waals surface area contributed by atoms with Crippen LogP contribution in [0.25, 0.3) is 10.9 Å². The lowest BCUT2D eigenvalue weighted by atomic mass is 10.1. The van der Waals surface area contributed by atoms with Gasteiger partial charge >= 0.3 is 5.97 Å². The summed E-state index contributed by atoms with van der Waals surface area (Å²) in [5, 5.41) is 9.97. The number of methoxy groups -OCH3 is 2. The molecule has 1 aromatic heterocycles. The summed E-state index contributed by atoms with van der Waals surface area (Å²) in [5.41, 5.74) is 0.602. The SMILES string of the molecule is COc1cc2c(=O)c(C)c(C(=O)O)n(C3CC3)c2cc1OC. The van der Waals surface area contributed by atoms with Gasteiger partial charge in [-0.25, -0.2) is 4.79 Å². The second-order valence-electron chi connectivity index (χ2n) is 5.43. The number of fused-ring (bicyclic) bond motifs is 1. The van der Waals surface area contributed by atoms with E-state index in [9.17, 15) is 14.7 Å². The molecule has 0 radical (unpaired) electrons. The standard InChI is InChI=1S/C16H17NO5/c1-8-14(16(19)20)17(9-4-5-9)11-7-13(22-3)12(21-2)6-10(11)15(8)18/h6-7,9H,4-5H2,1-3H3,(H,19,20). The van der Waals surface area contributed by atoms with Gasteiger partial charge < -0.3 is 19.1 Å². The minimum atomic E-state index is -1.09. The van der Waals surface area contributed by atoms with Crippen LogP contribution in [0.4, 0.5) is 0 Å². The van der Waals surface area contributed by atoms with E-state index in [-0.39, 0.29) is 22.7 Å². The average molecular weight is 303 g/mol. The van der Waals surface area contributed by atoms with Gasteiger partial charge in [0.15, 0.2) is 16.9 Å². The van der Waals surface area contributed by atoms with Gasteiger partial charge in [-0.05, 0) is 25.8 Å². The molecule has 2 aromatic rings. The van der Waals surface area contributed by atoms with E-state index in [1.54, 1.807) is 23.6 Å². The average Bonchev–Trinajstić information content (AvgIpc) is 3.33. The molecule has 0 aliphatic heterocycles. The van der Waals surface area contributed by atoms with Crippen LogP contribution in [0.1, 0.15) is 34.9 Å². The van der Waals surface area contributed by atoms with E-state index in [0.29, 0.717) is 22.4 Å². The molecular weight excluding hydrogens is 286 g/mol. The normalized spacial score (nSPS) is 14.1. The van der Waals surface area contributed by atoms with E-state index in [0.717, 1.165) is 12.8 Å². The summed E-state index contributed by atoms with van der Waals surface area (Å²) < 4.78 is 12.3. The monoisotopic (exact) mass is 303 g/mol. The number of carbonyl (C=O) groups is 1. The molecule has 0 saturated heterocycles. The van der Waals surface area contributed by atoms with Gasteiger partial charge in [0.2, 0.25) is 0 Å². The molecule has 3 rings (SSSR count). The highest BCUT2D eigenvalue weighted by molar-refractivity contribution is 5.93. The summed E-state index contributed by atoms with van der Waals surface area (Å²) >= 11 is 0. The summed E-state index contributed by atoms with van der Waals surface area (Å²) in [6.07, 6.45) is 1.82. The van der Waals surface area contributed by atoms with Gasteiger partial charge in [0.25, 0.3) is 0 Å². The van der Waals surface area contributed by atoms with Crippen molar-refractivity contribution in [1.82, 2.24) is 4.57 Å². The lowest BCUT2D eigenvalue weighted by Gasteiger charge is -2.18. The fourth-order valence-electron chi connectivity index (χ4n) is 2.84. The fourth-order valence-corrected chi connectivity index (χ4v) is 2.84. The van der Waals surface area contributed by atoms with Crippen molar-refractivity contribution in [1.29, 1.82) is 0 Å². The molecule has 0 amide bonds. The number of hydrogen-bond donors (Lipinski definition) is 1. The molecule has 22 heavy (non-hydrogen) atoms. The maximum Gasteiger partial charge on any atom is 0.352 e. The largest absolute Gasteiger partial charge is 0.493 e. The van der Waals surface area contributed by atoms with E-state index in [1.165, 1.54) is 14.2 Å². The van der Waals surface area contributed by atoms with Gasteiger partial charge in [0.1, 0.15) is 5.69 Å². The first kappa shape index (κ1) is 14.4. The minimum absolute atomic E-state index is 0.0622. The second kappa shape index (κ2) is 5.05. The van der Waals surface area contributed by atoms with Gasteiger partial charge in [0, 0.05) is 23.1 Å². The highest BCUT2D eigenvalue weighted by Gasteiger charge is 2.31. The predicted octanol–water partition coefficient (Wildman–Crippen LogP) is 2.36. The third-order valence-corrected chi connectivity index (χ3v) is 4.06. The third-order valence-electron chi connectivity index (χ3n) is 4.06. The van der Waals surface area contributed by atoms with Crippen molar-refractivity contribution in [2.24, 2.45) is 0 Å². The van der Waals surface area contributed by atoms with Crippen molar-refractivity contribution in [2.75, 3.05) is 14.2 Å². The Hall–Kier alpha value is -2.50. The Balaban J connectivity index is 2.49. The number of hydrogen-bond acceptors (Lipinski definition) is 4. The van der Waals surface area contributed by atoms with Crippen LogP contribution in [0.15, 0.2) is 16.9 Å². The van der Waals surface area contributed by atoms with Crippen molar-refractivity contribution in [3.63, 3.8) is 0 Å². The minimum Gasteiger partial charge on any atom is -0.493 e. The number of nitrogens with zero attached hydrogens (tertiary/aromatic N) is 1. The summed E-state index contributed by atoms with van der Waals surface area (Å²) in [4.78, 5) is 24.2. The third kappa shape index (κ3) is 2.03. The van der Waals surface area contributed by atoms with Crippen LogP contribution in [0.3, 0.4) is 0 Å². The topological polar surface area (TPSA) is 77.8 Å². The number of rotatable bonds is 4. The molecule has 1 fully saturated rings. The number of pyridine rings is 1. The molecule has 1 heterocycles. The smallest absolute Gasteiger partial charge is 0.352 e. The van der Waals surface area contributed by atoms with E-state index in [4.69, 9.17) is 9.47 Å². The highest BCUT2D eigenvalue weighted by Crippen LogP contribution is 2.40. The first-order valence-electron chi connectivity index (χ1n) is 7.03. The second-order valence-corrected chi connectivity index (χ2v) is 5.43. The van der Waals surface area contributed by atoms with Crippen LogP contribution in [0, 0.1) is 6.92 Å². The van der Waals surface area contributed by atoms with Crippen molar-refractivity contribution >= 4 is 16.9 Å². The summed E-state index contributed by atoms with van der Waals surface area (Å²) in [5.74, 6) is -0.154. The van der Waals surface area contributed by atoms with Crippen LogP contribution < -0.4 is 14.9 Å². The molecule has 1 aliphatic rings. The van der Waals surface area contributed by atoms with Crippen LogP contribution in [-0.4, -0.2) is 29.9 Å². The molecular formula is C16H17NO5. The number of carboxylic acid groups (broad SMARTS) is 1. The maximum absolute atomic E-state index is 12.5. The van der Waals surface area contributed by atoms with Crippen molar-refractivity contribution < 1.29 is 19.4 Å². The molecule has 6 heteroatoms. The van der Waals surface area contributed by atoms with Crippen LogP contribution in [0.5, 0.6) is 11.5 Å². The number of benzene rings is 1. The predicted molar refractivity (Wildman–Crippen MR) is 81.3 cm³/mol. The van der Waals surface area contributed by atoms with Gasteiger partial charge in [-0.2, -0.15) is 0 Å². The first-order chi connectivity index (χ1) is 10.5. The maximum atomic E-state index is 12.5. The Bertz CT molecular complexity index is 833. The van der Waals surface area contributed by atoms with E-state index in [1.807, 2.05) is 0 Å². The molecule has 0 unspecified atom stereocenters. The van der Waals surface area contributed by atoms with Gasteiger partial charge in [-0.1, -0.05) is 0 Å². The summed E-state index contributed by atoms with van der Waals surface area (Å²) in [6.45, 7) is 1.56.